The second kappa shape index (κ2) is 11.9. The molecule has 0 fully saturated rings. The molecule has 3 nitrogen and oxygen atoms in total. The lowest BCUT2D eigenvalue weighted by molar-refractivity contribution is 0.103. The third kappa shape index (κ3) is 6.15. The molecule has 0 saturated heterocycles. The Morgan fingerprint density at radius 1 is 0.750 bits per heavy atom. The van der Waals surface area contributed by atoms with Gasteiger partial charge in [0.2, 0.25) is 0 Å². The Balaban J connectivity index is 1.45. The van der Waals surface area contributed by atoms with Crippen LogP contribution in [0.4, 0.5) is 4.39 Å². The second-order valence-electron chi connectivity index (χ2n) is 10.9. The van der Waals surface area contributed by atoms with Crippen molar-refractivity contribution in [2.75, 3.05) is 0 Å². The minimum Gasteiger partial charge on any atom is -0.370 e. The summed E-state index contributed by atoms with van der Waals surface area (Å²) in [6.45, 7) is 7.08. The molecular formula is C35H33FN2OSi. The molecule has 0 unspecified atom stereocenters. The van der Waals surface area contributed by atoms with E-state index in [1.807, 2.05) is 41.2 Å². The van der Waals surface area contributed by atoms with E-state index in [0.717, 1.165) is 27.9 Å². The fraction of sp³-hybridized carbons (Fsp3) is 0.171. The zero-order valence-corrected chi connectivity index (χ0v) is 24.1. The van der Waals surface area contributed by atoms with Crippen molar-refractivity contribution in [1.82, 2.24) is 9.78 Å². The largest absolute Gasteiger partial charge is 0.370 e. The SMILES string of the molecule is C[Si](C)(C)C#Cc1cc(F)cc(COCc2ccn(C(c3ccccc3)(c3ccccc3)c3ccccc3)n2)c1. The molecule has 0 N–H and O–H groups in total. The van der Waals surface area contributed by atoms with E-state index in [-0.39, 0.29) is 12.4 Å². The van der Waals surface area contributed by atoms with E-state index in [0.29, 0.717) is 12.2 Å². The van der Waals surface area contributed by atoms with Crippen molar-refractivity contribution < 1.29 is 9.13 Å². The Labute approximate surface area is 237 Å². The highest BCUT2D eigenvalue weighted by Crippen LogP contribution is 2.40. The van der Waals surface area contributed by atoms with Crippen LogP contribution in [0.2, 0.25) is 19.6 Å². The van der Waals surface area contributed by atoms with Crippen LogP contribution in [0, 0.1) is 17.3 Å². The first kappa shape index (κ1) is 27.3. The molecule has 0 radical (unpaired) electrons. The smallest absolute Gasteiger partial charge is 0.138 e. The van der Waals surface area contributed by atoms with E-state index in [1.165, 1.54) is 12.1 Å². The summed E-state index contributed by atoms with van der Waals surface area (Å²) in [7, 11) is -1.56. The number of rotatable bonds is 8. The molecule has 5 rings (SSSR count). The summed E-state index contributed by atoms with van der Waals surface area (Å²) in [4.78, 5) is 0. The summed E-state index contributed by atoms with van der Waals surface area (Å²) in [5, 5.41) is 5.03. The normalized spacial score (nSPS) is 11.6. The minimum absolute atomic E-state index is 0.271. The number of benzene rings is 4. The first-order valence-corrected chi connectivity index (χ1v) is 17.0. The van der Waals surface area contributed by atoms with Crippen LogP contribution in [0.5, 0.6) is 0 Å². The number of hydrogen-bond donors (Lipinski definition) is 0. The van der Waals surface area contributed by atoms with E-state index in [2.05, 4.69) is 104 Å². The highest BCUT2D eigenvalue weighted by molar-refractivity contribution is 6.83. The highest BCUT2D eigenvalue weighted by Gasteiger charge is 2.39. The van der Waals surface area contributed by atoms with Crippen LogP contribution in [0.1, 0.15) is 33.5 Å². The molecule has 1 aromatic heterocycles. The Kier molecular flexibility index (Phi) is 8.11. The number of aromatic nitrogens is 2. The Hall–Kier alpha value is -4.24. The van der Waals surface area contributed by atoms with Gasteiger partial charge in [0.15, 0.2) is 0 Å². The predicted octanol–water partition coefficient (Wildman–Crippen LogP) is 7.81. The minimum atomic E-state index is -1.56. The number of ether oxygens (including phenoxy) is 1. The monoisotopic (exact) mass is 544 g/mol. The van der Waals surface area contributed by atoms with E-state index in [1.54, 1.807) is 0 Å². The van der Waals surface area contributed by atoms with E-state index in [9.17, 15) is 4.39 Å². The van der Waals surface area contributed by atoms with Crippen molar-refractivity contribution in [3.05, 3.63) is 161 Å². The topological polar surface area (TPSA) is 27.1 Å². The fourth-order valence-corrected chi connectivity index (χ4v) is 5.42. The number of nitrogens with zero attached hydrogens (tertiary/aromatic N) is 2. The van der Waals surface area contributed by atoms with Gasteiger partial charge in [-0.25, -0.2) is 4.39 Å². The summed E-state index contributed by atoms with van der Waals surface area (Å²) >= 11 is 0. The van der Waals surface area contributed by atoms with Gasteiger partial charge in [-0.3, -0.25) is 4.68 Å². The Morgan fingerprint density at radius 3 is 1.82 bits per heavy atom. The number of hydrogen-bond acceptors (Lipinski definition) is 2. The molecule has 0 amide bonds. The molecule has 200 valence electrons. The molecule has 0 saturated carbocycles. The maximum Gasteiger partial charge on any atom is 0.138 e. The Bertz CT molecular complexity index is 1520. The highest BCUT2D eigenvalue weighted by atomic mass is 28.3. The van der Waals surface area contributed by atoms with Crippen molar-refractivity contribution in [3.63, 3.8) is 0 Å². The number of halogens is 1. The van der Waals surface area contributed by atoms with Gasteiger partial charge in [0.05, 0.1) is 18.9 Å². The van der Waals surface area contributed by atoms with E-state index < -0.39 is 13.6 Å². The standard InChI is InChI=1S/C35H33FN2OSi/c1-40(2,3)22-20-28-23-29(25-33(36)24-28)26-39-27-34-19-21-38(37-34)35(30-13-7-4-8-14-30,31-15-9-5-10-16-31)32-17-11-6-12-18-32/h4-19,21,23-25H,26-27H2,1-3H3. The van der Waals surface area contributed by atoms with Gasteiger partial charge in [-0.2, -0.15) is 5.10 Å². The third-order valence-corrected chi connectivity index (χ3v) is 7.50. The lowest BCUT2D eigenvalue weighted by Gasteiger charge is -2.36. The van der Waals surface area contributed by atoms with Gasteiger partial charge >= 0.3 is 0 Å². The van der Waals surface area contributed by atoms with Crippen LogP contribution < -0.4 is 0 Å². The zero-order chi connectivity index (χ0) is 28.0. The van der Waals surface area contributed by atoms with Gasteiger partial charge in [-0.1, -0.05) is 117 Å². The molecule has 0 aliphatic heterocycles. The van der Waals surface area contributed by atoms with Gasteiger partial charge in [0, 0.05) is 11.8 Å². The van der Waals surface area contributed by atoms with Crippen LogP contribution in [0.15, 0.2) is 121 Å². The molecule has 5 heteroatoms. The van der Waals surface area contributed by atoms with Crippen LogP contribution in [0.3, 0.4) is 0 Å². The van der Waals surface area contributed by atoms with Crippen LogP contribution >= 0.6 is 0 Å². The van der Waals surface area contributed by atoms with E-state index in [4.69, 9.17) is 9.84 Å². The molecule has 0 atom stereocenters. The van der Waals surface area contributed by atoms with Crippen LogP contribution in [0.25, 0.3) is 0 Å². The van der Waals surface area contributed by atoms with Crippen molar-refractivity contribution in [2.24, 2.45) is 0 Å². The van der Waals surface area contributed by atoms with Crippen LogP contribution in [-0.2, 0) is 23.5 Å². The lowest BCUT2D eigenvalue weighted by atomic mass is 9.77. The second-order valence-corrected chi connectivity index (χ2v) is 15.7. The molecule has 40 heavy (non-hydrogen) atoms. The average Bonchev–Trinajstić information content (AvgIpc) is 3.43. The van der Waals surface area contributed by atoms with Crippen molar-refractivity contribution in [3.8, 4) is 11.5 Å². The summed E-state index contributed by atoms with van der Waals surface area (Å²) in [6, 6.07) is 38.2. The summed E-state index contributed by atoms with van der Waals surface area (Å²) in [6.07, 6.45) is 2.01. The molecule has 5 aromatic rings. The van der Waals surface area contributed by atoms with Gasteiger partial charge in [0.25, 0.3) is 0 Å². The summed E-state index contributed by atoms with van der Waals surface area (Å²) in [5.74, 6) is 2.84. The van der Waals surface area contributed by atoms with Crippen molar-refractivity contribution >= 4 is 8.07 Å². The van der Waals surface area contributed by atoms with E-state index >= 15 is 0 Å². The first-order chi connectivity index (χ1) is 19.3. The molecular weight excluding hydrogens is 511 g/mol. The molecule has 1 heterocycles. The first-order valence-electron chi connectivity index (χ1n) is 13.5. The van der Waals surface area contributed by atoms with Gasteiger partial charge in [0.1, 0.15) is 19.4 Å². The molecule has 0 spiro atoms. The molecule has 0 bridgehead atoms. The third-order valence-electron chi connectivity index (χ3n) is 6.62. The lowest BCUT2D eigenvalue weighted by Crippen LogP contribution is -2.38. The average molecular weight is 545 g/mol. The van der Waals surface area contributed by atoms with Gasteiger partial charge < -0.3 is 4.74 Å². The maximum atomic E-state index is 14.3. The molecule has 4 aromatic carbocycles. The van der Waals surface area contributed by atoms with Crippen LogP contribution in [-0.4, -0.2) is 17.9 Å². The van der Waals surface area contributed by atoms with Crippen molar-refractivity contribution in [2.45, 2.75) is 38.4 Å². The Morgan fingerprint density at radius 2 is 1.30 bits per heavy atom. The van der Waals surface area contributed by atoms with Crippen molar-refractivity contribution in [1.29, 1.82) is 0 Å². The van der Waals surface area contributed by atoms with Gasteiger partial charge in [-0.15, -0.1) is 5.54 Å². The molecule has 0 aliphatic carbocycles. The van der Waals surface area contributed by atoms with Gasteiger partial charge in [-0.05, 0) is 46.5 Å². The molecule has 0 aliphatic rings. The quantitative estimate of drug-likeness (QED) is 0.113. The maximum absolute atomic E-state index is 14.3. The fourth-order valence-electron chi connectivity index (χ4n) is 4.90. The summed E-state index contributed by atoms with van der Waals surface area (Å²) in [5.41, 5.74) is 8.18. The zero-order valence-electron chi connectivity index (χ0n) is 23.1. The predicted molar refractivity (Wildman–Crippen MR) is 162 cm³/mol. The summed E-state index contributed by atoms with van der Waals surface area (Å²) < 4.78 is 22.3.